The van der Waals surface area contributed by atoms with Crippen LogP contribution in [0.1, 0.15) is 0 Å². The molecule has 0 saturated carbocycles. The third-order valence-corrected chi connectivity index (χ3v) is 1.30. The second-order valence-electron chi connectivity index (χ2n) is 1.93. The fourth-order valence-electron chi connectivity index (χ4n) is 0.819. The average Bonchev–Trinajstić information content (AvgIpc) is 2.41. The van der Waals surface area contributed by atoms with Gasteiger partial charge in [0.2, 0.25) is 11.6 Å². The van der Waals surface area contributed by atoms with Crippen LogP contribution in [0.3, 0.4) is 0 Å². The molecule has 2 heterocycles. The van der Waals surface area contributed by atoms with E-state index in [0.29, 0.717) is 11.5 Å². The minimum Gasteiger partial charge on any atom is -0.419 e. The van der Waals surface area contributed by atoms with E-state index < -0.39 is 0 Å². The molecule has 0 aromatic carbocycles. The number of fused-ring (bicyclic) bond motifs is 1. The molecule has 0 radical (unpaired) electrons. The second kappa shape index (κ2) is 1.44. The van der Waals surface area contributed by atoms with E-state index in [9.17, 15) is 0 Å². The van der Waals surface area contributed by atoms with Gasteiger partial charge in [-0.05, 0) is 0 Å². The Morgan fingerprint density at radius 1 is 1.50 bits per heavy atom. The number of rotatable bonds is 0. The van der Waals surface area contributed by atoms with Gasteiger partial charge in [0.15, 0.2) is 5.82 Å². The van der Waals surface area contributed by atoms with Crippen molar-refractivity contribution in [2.24, 2.45) is 0 Å². The molecule has 0 saturated heterocycles. The van der Waals surface area contributed by atoms with E-state index in [2.05, 4.69) is 5.10 Å². The smallest absolute Gasteiger partial charge is 0.235 e. The first-order chi connectivity index (χ1) is 4.79. The Hall–Kier alpha value is -1.65. The number of nitrogens with zero attached hydrogens (tertiary/aromatic N) is 2. The van der Waals surface area contributed by atoms with E-state index in [4.69, 9.17) is 15.9 Å². The maximum Gasteiger partial charge on any atom is 0.235 e. The molecule has 0 fully saturated rings. The van der Waals surface area contributed by atoms with Gasteiger partial charge in [-0.25, -0.2) is 0 Å². The van der Waals surface area contributed by atoms with Crippen LogP contribution in [0.2, 0.25) is 0 Å². The summed E-state index contributed by atoms with van der Waals surface area (Å²) in [5, 5.41) is 3.86. The van der Waals surface area contributed by atoms with Crippen LogP contribution in [0.4, 0.5) is 11.7 Å². The van der Waals surface area contributed by atoms with Crippen molar-refractivity contribution in [2.45, 2.75) is 0 Å². The van der Waals surface area contributed by atoms with Gasteiger partial charge in [0.05, 0.1) is 6.20 Å². The van der Waals surface area contributed by atoms with Crippen molar-refractivity contribution < 1.29 is 4.42 Å². The minimum atomic E-state index is 0.211. The van der Waals surface area contributed by atoms with Crippen molar-refractivity contribution in [1.82, 2.24) is 9.61 Å². The Morgan fingerprint density at radius 2 is 2.30 bits per heavy atom. The SMILES string of the molecule is Nc1oc2ccnn2c1N. The molecule has 10 heavy (non-hydrogen) atoms. The summed E-state index contributed by atoms with van der Waals surface area (Å²) in [5.74, 6) is 0.558. The topological polar surface area (TPSA) is 82.5 Å². The first-order valence-corrected chi connectivity index (χ1v) is 2.76. The minimum absolute atomic E-state index is 0.211. The number of nitrogens with two attached hydrogens (primary N) is 2. The van der Waals surface area contributed by atoms with Crippen LogP contribution in [0.15, 0.2) is 16.7 Å². The molecule has 0 unspecified atom stereocenters. The quantitative estimate of drug-likeness (QED) is 0.540. The van der Waals surface area contributed by atoms with Gasteiger partial charge in [-0.2, -0.15) is 9.61 Å². The normalized spacial score (nSPS) is 10.8. The van der Waals surface area contributed by atoms with Gasteiger partial charge >= 0.3 is 0 Å². The Balaban J connectivity index is 2.95. The van der Waals surface area contributed by atoms with Crippen LogP contribution < -0.4 is 11.5 Å². The van der Waals surface area contributed by atoms with Crippen LogP contribution in [0, 0.1) is 0 Å². The van der Waals surface area contributed by atoms with E-state index in [1.807, 2.05) is 0 Å². The van der Waals surface area contributed by atoms with Crippen LogP contribution in [-0.4, -0.2) is 9.61 Å². The van der Waals surface area contributed by atoms with Gasteiger partial charge < -0.3 is 15.9 Å². The molecule has 0 amide bonds. The molecule has 0 bridgehead atoms. The fraction of sp³-hybridized carbons (Fsp3) is 0. The van der Waals surface area contributed by atoms with E-state index >= 15 is 0 Å². The monoisotopic (exact) mass is 138 g/mol. The molecule has 4 N–H and O–H groups in total. The van der Waals surface area contributed by atoms with Crippen LogP contribution in [-0.2, 0) is 0 Å². The molecule has 2 rings (SSSR count). The highest BCUT2D eigenvalue weighted by atomic mass is 16.4. The summed E-state index contributed by atoms with van der Waals surface area (Å²) in [6.45, 7) is 0. The summed E-state index contributed by atoms with van der Waals surface area (Å²) in [6.07, 6.45) is 1.59. The summed E-state index contributed by atoms with van der Waals surface area (Å²) >= 11 is 0. The lowest BCUT2D eigenvalue weighted by Crippen LogP contribution is -1.95. The number of hydrogen-bond donors (Lipinski definition) is 2. The predicted molar refractivity (Wildman–Crippen MR) is 36.3 cm³/mol. The molecule has 2 aromatic heterocycles. The van der Waals surface area contributed by atoms with Gasteiger partial charge in [-0.3, -0.25) is 0 Å². The molecule has 5 heteroatoms. The molecule has 0 aliphatic rings. The summed E-state index contributed by atoms with van der Waals surface area (Å²) in [6, 6.07) is 1.69. The van der Waals surface area contributed by atoms with Crippen LogP contribution >= 0.6 is 0 Å². The Bertz CT molecular complexity index is 360. The Morgan fingerprint density at radius 3 is 3.00 bits per heavy atom. The average molecular weight is 138 g/mol. The molecule has 0 aliphatic carbocycles. The molecule has 2 aromatic rings. The zero-order valence-electron chi connectivity index (χ0n) is 5.11. The zero-order valence-corrected chi connectivity index (χ0v) is 5.11. The maximum atomic E-state index is 5.46. The van der Waals surface area contributed by atoms with Gasteiger partial charge in [0, 0.05) is 6.07 Å². The van der Waals surface area contributed by atoms with Crippen molar-refractivity contribution in [1.29, 1.82) is 0 Å². The number of hydrogen-bond acceptors (Lipinski definition) is 4. The van der Waals surface area contributed by atoms with Crippen LogP contribution in [0.25, 0.3) is 5.71 Å². The molecular weight excluding hydrogens is 132 g/mol. The molecule has 52 valence electrons. The lowest BCUT2D eigenvalue weighted by atomic mass is 10.7. The highest BCUT2D eigenvalue weighted by Gasteiger charge is 2.06. The highest BCUT2D eigenvalue weighted by Crippen LogP contribution is 2.18. The van der Waals surface area contributed by atoms with Gasteiger partial charge in [0.25, 0.3) is 0 Å². The largest absolute Gasteiger partial charge is 0.419 e. The molecule has 5 nitrogen and oxygen atoms in total. The number of oxazole rings is 1. The first kappa shape index (κ1) is 5.16. The van der Waals surface area contributed by atoms with Crippen molar-refractivity contribution in [3.63, 3.8) is 0 Å². The van der Waals surface area contributed by atoms with E-state index in [-0.39, 0.29) is 5.88 Å². The fourth-order valence-corrected chi connectivity index (χ4v) is 0.819. The highest BCUT2D eigenvalue weighted by molar-refractivity contribution is 5.57. The summed E-state index contributed by atoms with van der Waals surface area (Å²) in [5.41, 5.74) is 11.4. The first-order valence-electron chi connectivity index (χ1n) is 2.76. The summed E-state index contributed by atoms with van der Waals surface area (Å²) in [7, 11) is 0. The zero-order chi connectivity index (χ0) is 7.14. The van der Waals surface area contributed by atoms with E-state index in [1.54, 1.807) is 12.3 Å². The summed E-state index contributed by atoms with van der Waals surface area (Å²) < 4.78 is 6.43. The molecule has 0 spiro atoms. The molecular formula is C5H6N4O. The third kappa shape index (κ3) is 0.439. The van der Waals surface area contributed by atoms with Crippen molar-refractivity contribution in [2.75, 3.05) is 11.5 Å². The standard InChI is InChI=1S/C5H6N4O/c6-4-5(7)10-3-1-2-8-9(3)4/h1-2H,6-7H2. The number of anilines is 2. The third-order valence-electron chi connectivity index (χ3n) is 1.30. The Labute approximate surface area is 56.2 Å². The van der Waals surface area contributed by atoms with Crippen LogP contribution in [0.5, 0.6) is 0 Å². The lowest BCUT2D eigenvalue weighted by molar-refractivity contribution is 0.626. The number of nitrogen functional groups attached to an aromatic ring is 2. The molecule has 0 aliphatic heterocycles. The number of aromatic nitrogens is 2. The van der Waals surface area contributed by atoms with Gasteiger partial charge in [-0.1, -0.05) is 0 Å². The predicted octanol–water partition coefficient (Wildman–Crippen LogP) is 0.0917. The van der Waals surface area contributed by atoms with E-state index in [0.717, 1.165) is 0 Å². The van der Waals surface area contributed by atoms with Gasteiger partial charge in [-0.15, -0.1) is 0 Å². The Kier molecular flexibility index (Phi) is 0.743. The molecule has 0 atom stereocenters. The van der Waals surface area contributed by atoms with Crippen molar-refractivity contribution in [3.8, 4) is 0 Å². The van der Waals surface area contributed by atoms with Crippen molar-refractivity contribution in [3.05, 3.63) is 12.3 Å². The van der Waals surface area contributed by atoms with E-state index in [1.165, 1.54) is 4.52 Å². The summed E-state index contributed by atoms with van der Waals surface area (Å²) in [4.78, 5) is 0. The van der Waals surface area contributed by atoms with Crippen molar-refractivity contribution >= 4 is 17.4 Å². The van der Waals surface area contributed by atoms with Gasteiger partial charge in [0.1, 0.15) is 0 Å². The maximum absolute atomic E-state index is 5.46. The second-order valence-corrected chi connectivity index (χ2v) is 1.93. The lowest BCUT2D eigenvalue weighted by Gasteiger charge is -1.84.